The highest BCUT2D eigenvalue weighted by atomic mass is 15.2. The number of aromatic nitrogens is 2. The molecule has 0 atom stereocenters. The van der Waals surface area contributed by atoms with E-state index in [2.05, 4.69) is 32.3 Å². The van der Waals surface area contributed by atoms with Crippen molar-refractivity contribution in [3.63, 3.8) is 0 Å². The number of piperazine rings is 1. The van der Waals surface area contributed by atoms with E-state index in [-0.39, 0.29) is 0 Å². The lowest BCUT2D eigenvalue weighted by Crippen LogP contribution is -2.44. The number of nitrogen functional groups attached to an aromatic ring is 1. The zero-order valence-electron chi connectivity index (χ0n) is 11.4. The van der Waals surface area contributed by atoms with E-state index in [9.17, 15) is 0 Å². The molecule has 5 heteroatoms. The summed E-state index contributed by atoms with van der Waals surface area (Å²) in [6.45, 7) is 3.86. The third-order valence-corrected chi connectivity index (χ3v) is 3.52. The third-order valence-electron chi connectivity index (χ3n) is 3.52. The fourth-order valence-corrected chi connectivity index (χ4v) is 2.39. The summed E-state index contributed by atoms with van der Waals surface area (Å²) in [5.74, 6) is 1.41. The van der Waals surface area contributed by atoms with Crippen LogP contribution in [-0.4, -0.2) is 36.1 Å². The van der Waals surface area contributed by atoms with Crippen LogP contribution >= 0.6 is 0 Å². The van der Waals surface area contributed by atoms with E-state index in [0.29, 0.717) is 5.82 Å². The molecule has 1 aromatic heterocycles. The monoisotopic (exact) mass is 269 g/mol. The van der Waals surface area contributed by atoms with Gasteiger partial charge in [0.05, 0.1) is 11.9 Å². The molecule has 0 radical (unpaired) electrons. The largest absolute Gasteiger partial charge is 0.382 e. The number of nitrogens with two attached hydrogens (primary N) is 1. The second-order valence-electron chi connectivity index (χ2n) is 4.96. The molecule has 1 aliphatic rings. The van der Waals surface area contributed by atoms with Gasteiger partial charge in [-0.15, -0.1) is 0 Å². The van der Waals surface area contributed by atoms with Crippen LogP contribution in [0.4, 0.5) is 11.6 Å². The van der Waals surface area contributed by atoms with E-state index in [1.54, 1.807) is 0 Å². The molecule has 2 heterocycles. The van der Waals surface area contributed by atoms with Gasteiger partial charge in [0.15, 0.2) is 0 Å². The molecule has 20 heavy (non-hydrogen) atoms. The lowest BCUT2D eigenvalue weighted by molar-refractivity contribution is 0.584. The first-order chi connectivity index (χ1) is 9.83. The van der Waals surface area contributed by atoms with E-state index >= 15 is 0 Å². The second kappa shape index (κ2) is 5.88. The van der Waals surface area contributed by atoms with Crippen molar-refractivity contribution in [2.24, 2.45) is 0 Å². The molecule has 0 saturated carbocycles. The molecule has 1 fully saturated rings. The Balaban J connectivity index is 1.77. The standard InChI is InChI=1S/C15H19N5/c16-15-13(10-12-4-2-1-3-5-12)18-11-14(19-15)20-8-6-17-7-9-20/h1-5,11,17H,6-10H2,(H2,16,19). The molecular formula is C15H19N5. The van der Waals surface area contributed by atoms with Crippen molar-refractivity contribution in [2.75, 3.05) is 36.8 Å². The van der Waals surface area contributed by atoms with E-state index in [1.807, 2.05) is 24.4 Å². The van der Waals surface area contributed by atoms with E-state index in [1.165, 1.54) is 5.56 Å². The van der Waals surface area contributed by atoms with Crippen LogP contribution in [0, 0.1) is 0 Å². The van der Waals surface area contributed by atoms with Gasteiger partial charge in [0.25, 0.3) is 0 Å². The van der Waals surface area contributed by atoms with Crippen LogP contribution < -0.4 is 16.0 Å². The van der Waals surface area contributed by atoms with Gasteiger partial charge in [0, 0.05) is 32.6 Å². The SMILES string of the molecule is Nc1nc(N2CCNCC2)cnc1Cc1ccccc1. The Morgan fingerprint density at radius 1 is 1.15 bits per heavy atom. The summed E-state index contributed by atoms with van der Waals surface area (Å²) in [5.41, 5.74) is 8.10. The second-order valence-corrected chi connectivity index (χ2v) is 4.96. The molecule has 1 saturated heterocycles. The van der Waals surface area contributed by atoms with Gasteiger partial charge in [0.1, 0.15) is 11.6 Å². The van der Waals surface area contributed by atoms with Gasteiger partial charge in [-0.3, -0.25) is 4.98 Å². The van der Waals surface area contributed by atoms with Crippen LogP contribution in [0.5, 0.6) is 0 Å². The Labute approximate surface area is 118 Å². The Morgan fingerprint density at radius 2 is 1.90 bits per heavy atom. The first-order valence-corrected chi connectivity index (χ1v) is 6.94. The molecule has 3 rings (SSSR count). The van der Waals surface area contributed by atoms with Crippen molar-refractivity contribution in [1.82, 2.24) is 15.3 Å². The Hall–Kier alpha value is -2.14. The van der Waals surface area contributed by atoms with Gasteiger partial charge in [-0.1, -0.05) is 30.3 Å². The lowest BCUT2D eigenvalue weighted by Gasteiger charge is -2.28. The van der Waals surface area contributed by atoms with Crippen molar-refractivity contribution in [2.45, 2.75) is 6.42 Å². The summed E-state index contributed by atoms with van der Waals surface area (Å²) in [6, 6.07) is 10.2. The summed E-state index contributed by atoms with van der Waals surface area (Å²) < 4.78 is 0. The van der Waals surface area contributed by atoms with Crippen molar-refractivity contribution in [1.29, 1.82) is 0 Å². The number of benzene rings is 1. The minimum absolute atomic E-state index is 0.532. The summed E-state index contributed by atoms with van der Waals surface area (Å²) in [7, 11) is 0. The molecular weight excluding hydrogens is 250 g/mol. The number of hydrogen-bond acceptors (Lipinski definition) is 5. The van der Waals surface area contributed by atoms with Crippen molar-refractivity contribution >= 4 is 11.6 Å². The van der Waals surface area contributed by atoms with Crippen LogP contribution in [0.3, 0.4) is 0 Å². The molecule has 0 spiro atoms. The highest BCUT2D eigenvalue weighted by Gasteiger charge is 2.13. The van der Waals surface area contributed by atoms with E-state index in [4.69, 9.17) is 5.73 Å². The molecule has 2 aromatic rings. The van der Waals surface area contributed by atoms with Gasteiger partial charge < -0.3 is 16.0 Å². The zero-order valence-corrected chi connectivity index (χ0v) is 11.4. The fourth-order valence-electron chi connectivity index (χ4n) is 2.39. The van der Waals surface area contributed by atoms with Crippen LogP contribution in [0.25, 0.3) is 0 Å². The summed E-state index contributed by atoms with van der Waals surface area (Å²) in [5, 5.41) is 3.32. The highest BCUT2D eigenvalue weighted by molar-refractivity contribution is 5.47. The molecule has 1 aromatic carbocycles. The number of nitrogens with zero attached hydrogens (tertiary/aromatic N) is 3. The normalized spacial score (nSPS) is 15.3. The number of rotatable bonds is 3. The van der Waals surface area contributed by atoms with Gasteiger partial charge in [-0.05, 0) is 5.56 Å². The first kappa shape index (κ1) is 12.9. The summed E-state index contributed by atoms with van der Waals surface area (Å²) >= 11 is 0. The maximum atomic E-state index is 6.06. The molecule has 0 aliphatic carbocycles. The molecule has 1 aliphatic heterocycles. The van der Waals surface area contributed by atoms with Crippen LogP contribution in [0.1, 0.15) is 11.3 Å². The van der Waals surface area contributed by atoms with Gasteiger partial charge >= 0.3 is 0 Å². The highest BCUT2D eigenvalue weighted by Crippen LogP contribution is 2.17. The quantitative estimate of drug-likeness (QED) is 0.872. The molecule has 3 N–H and O–H groups in total. The van der Waals surface area contributed by atoms with Crippen LogP contribution in [0.2, 0.25) is 0 Å². The maximum absolute atomic E-state index is 6.06. The van der Waals surface area contributed by atoms with Crippen molar-refractivity contribution in [3.8, 4) is 0 Å². The van der Waals surface area contributed by atoms with E-state index < -0.39 is 0 Å². The van der Waals surface area contributed by atoms with Crippen LogP contribution in [-0.2, 0) is 6.42 Å². The van der Waals surface area contributed by atoms with Crippen LogP contribution in [0.15, 0.2) is 36.5 Å². The molecule has 5 nitrogen and oxygen atoms in total. The first-order valence-electron chi connectivity index (χ1n) is 6.94. The summed E-state index contributed by atoms with van der Waals surface area (Å²) in [6.07, 6.45) is 2.56. The summed E-state index contributed by atoms with van der Waals surface area (Å²) in [4.78, 5) is 11.2. The Bertz CT molecular complexity index is 564. The van der Waals surface area contributed by atoms with Gasteiger partial charge in [0.2, 0.25) is 0 Å². The smallest absolute Gasteiger partial charge is 0.149 e. The average Bonchev–Trinajstić information content (AvgIpc) is 2.51. The lowest BCUT2D eigenvalue weighted by atomic mass is 10.1. The fraction of sp³-hybridized carbons (Fsp3) is 0.333. The minimum atomic E-state index is 0.532. The zero-order chi connectivity index (χ0) is 13.8. The van der Waals surface area contributed by atoms with Crippen molar-refractivity contribution in [3.05, 3.63) is 47.8 Å². The topological polar surface area (TPSA) is 67.1 Å². The number of anilines is 2. The Kier molecular flexibility index (Phi) is 3.78. The van der Waals surface area contributed by atoms with Crippen molar-refractivity contribution < 1.29 is 0 Å². The van der Waals surface area contributed by atoms with Gasteiger partial charge in [-0.2, -0.15) is 0 Å². The average molecular weight is 269 g/mol. The van der Waals surface area contributed by atoms with E-state index in [0.717, 1.165) is 44.1 Å². The molecule has 0 unspecified atom stereocenters. The minimum Gasteiger partial charge on any atom is -0.382 e. The predicted molar refractivity (Wildman–Crippen MR) is 80.8 cm³/mol. The number of nitrogens with one attached hydrogen (secondary N) is 1. The molecule has 0 amide bonds. The Morgan fingerprint density at radius 3 is 2.60 bits per heavy atom. The maximum Gasteiger partial charge on any atom is 0.149 e. The number of hydrogen-bond donors (Lipinski definition) is 2. The predicted octanol–water partition coefficient (Wildman–Crippen LogP) is 1.06. The van der Waals surface area contributed by atoms with Gasteiger partial charge in [-0.25, -0.2) is 4.98 Å². The third kappa shape index (κ3) is 2.88. The molecule has 104 valence electrons. The molecule has 0 bridgehead atoms.